The highest BCUT2D eigenvalue weighted by Crippen LogP contribution is 2.33. The minimum Gasteiger partial charge on any atom is -0.353 e. The first-order valence-electron chi connectivity index (χ1n) is 8.38. The van der Waals surface area contributed by atoms with Gasteiger partial charge in [0.25, 0.3) is 0 Å². The Bertz CT molecular complexity index is 744. The summed E-state index contributed by atoms with van der Waals surface area (Å²) in [5.41, 5.74) is -0.843. The van der Waals surface area contributed by atoms with Crippen molar-refractivity contribution in [2.24, 2.45) is 0 Å². The molecule has 1 aliphatic heterocycles. The van der Waals surface area contributed by atoms with Crippen LogP contribution in [0, 0.1) is 0 Å². The van der Waals surface area contributed by atoms with Gasteiger partial charge >= 0.3 is 6.18 Å². The molecule has 6 nitrogen and oxygen atoms in total. The third-order valence-electron chi connectivity index (χ3n) is 4.16. The van der Waals surface area contributed by atoms with Gasteiger partial charge in [0, 0.05) is 38.8 Å². The molecule has 26 heavy (non-hydrogen) atoms. The van der Waals surface area contributed by atoms with E-state index in [-0.39, 0.29) is 5.02 Å². The lowest BCUT2D eigenvalue weighted by atomic mass is 10.2. The number of aryl methyl sites for hydroxylation is 1. The van der Waals surface area contributed by atoms with Crippen molar-refractivity contribution in [1.82, 2.24) is 20.0 Å². The number of pyridine rings is 1. The first-order chi connectivity index (χ1) is 12.4. The summed E-state index contributed by atoms with van der Waals surface area (Å²) >= 11 is 6.02. The maximum absolute atomic E-state index is 12.7. The fraction of sp³-hybridized carbons (Fsp3) is 0.562. The van der Waals surface area contributed by atoms with Crippen molar-refractivity contribution in [3.63, 3.8) is 0 Å². The Hall–Kier alpha value is -1.87. The number of halogens is 4. The molecule has 0 amide bonds. The Morgan fingerprint density at radius 1 is 1.23 bits per heavy atom. The number of aromatic nitrogens is 3. The lowest BCUT2D eigenvalue weighted by Gasteiger charge is -2.35. The SMILES string of the molecule is CCCc1noc(CN2CCN(c3ncc(C(F)(F)F)cc3Cl)CC2)n1. The zero-order valence-corrected chi connectivity index (χ0v) is 15.0. The average molecular weight is 390 g/mol. The summed E-state index contributed by atoms with van der Waals surface area (Å²) in [6.45, 7) is 5.21. The second-order valence-electron chi connectivity index (χ2n) is 6.14. The van der Waals surface area contributed by atoms with Gasteiger partial charge in [-0.1, -0.05) is 23.7 Å². The van der Waals surface area contributed by atoms with E-state index in [1.165, 1.54) is 0 Å². The van der Waals surface area contributed by atoms with E-state index in [1.807, 2.05) is 4.90 Å². The second-order valence-corrected chi connectivity index (χ2v) is 6.55. The van der Waals surface area contributed by atoms with Crippen molar-refractivity contribution in [2.75, 3.05) is 31.1 Å². The van der Waals surface area contributed by atoms with Crippen LogP contribution < -0.4 is 4.90 Å². The molecule has 1 saturated heterocycles. The summed E-state index contributed by atoms with van der Waals surface area (Å²) in [4.78, 5) is 12.3. The number of piperazine rings is 1. The van der Waals surface area contributed by atoms with E-state index >= 15 is 0 Å². The average Bonchev–Trinajstić information content (AvgIpc) is 3.02. The van der Waals surface area contributed by atoms with Gasteiger partial charge in [0.1, 0.15) is 5.82 Å². The zero-order chi connectivity index (χ0) is 18.7. The zero-order valence-electron chi connectivity index (χ0n) is 14.3. The Balaban J connectivity index is 1.58. The van der Waals surface area contributed by atoms with Gasteiger partial charge in [0.2, 0.25) is 5.89 Å². The Morgan fingerprint density at radius 3 is 2.58 bits per heavy atom. The minimum absolute atomic E-state index is 0.00869. The van der Waals surface area contributed by atoms with E-state index in [0.717, 1.165) is 25.1 Å². The molecule has 10 heteroatoms. The maximum atomic E-state index is 12.7. The predicted octanol–water partition coefficient (Wildman–Crippen LogP) is 3.41. The number of hydrogen-bond donors (Lipinski definition) is 0. The van der Waals surface area contributed by atoms with Gasteiger partial charge in [-0.25, -0.2) is 4.98 Å². The van der Waals surface area contributed by atoms with Gasteiger partial charge in [-0.15, -0.1) is 0 Å². The number of rotatable bonds is 5. The summed E-state index contributed by atoms with van der Waals surface area (Å²) < 4.78 is 43.4. The van der Waals surface area contributed by atoms with E-state index in [2.05, 4.69) is 26.9 Å². The van der Waals surface area contributed by atoms with Crippen LogP contribution in [0.15, 0.2) is 16.8 Å². The van der Waals surface area contributed by atoms with Crippen LogP contribution in [0.3, 0.4) is 0 Å². The first kappa shape index (κ1) is 18.9. The monoisotopic (exact) mass is 389 g/mol. The summed E-state index contributed by atoms with van der Waals surface area (Å²) in [5, 5.41) is 3.94. The van der Waals surface area contributed by atoms with Crippen LogP contribution in [0.25, 0.3) is 0 Å². The van der Waals surface area contributed by atoms with Gasteiger partial charge in [-0.2, -0.15) is 18.2 Å². The summed E-state index contributed by atoms with van der Waals surface area (Å²) in [6, 6.07) is 0.921. The first-order valence-corrected chi connectivity index (χ1v) is 8.76. The molecular weight excluding hydrogens is 371 g/mol. The molecule has 0 bridgehead atoms. The van der Waals surface area contributed by atoms with Gasteiger partial charge in [-0.05, 0) is 12.5 Å². The molecule has 0 spiro atoms. The smallest absolute Gasteiger partial charge is 0.353 e. The largest absolute Gasteiger partial charge is 0.417 e. The molecule has 3 heterocycles. The van der Waals surface area contributed by atoms with Gasteiger partial charge < -0.3 is 9.42 Å². The Kier molecular flexibility index (Phi) is 5.67. The van der Waals surface area contributed by atoms with Crippen molar-refractivity contribution in [2.45, 2.75) is 32.5 Å². The standard InChI is InChI=1S/C16H19ClF3N5O/c1-2-3-13-22-14(26-23-13)10-24-4-6-25(7-5-24)15-12(17)8-11(9-21-15)16(18,19)20/h8-9H,2-7,10H2,1H3. The van der Waals surface area contributed by atoms with E-state index in [4.69, 9.17) is 16.1 Å². The Labute approximate surface area is 153 Å². The maximum Gasteiger partial charge on any atom is 0.417 e. The van der Waals surface area contributed by atoms with Crippen LogP contribution in [0.1, 0.15) is 30.6 Å². The van der Waals surface area contributed by atoms with Crippen molar-refractivity contribution in [1.29, 1.82) is 0 Å². The molecule has 0 radical (unpaired) electrons. The molecule has 0 saturated carbocycles. The molecule has 0 atom stereocenters. The number of nitrogens with zero attached hydrogens (tertiary/aromatic N) is 5. The van der Waals surface area contributed by atoms with Crippen molar-refractivity contribution in [3.05, 3.63) is 34.6 Å². The Morgan fingerprint density at radius 2 is 1.96 bits per heavy atom. The summed E-state index contributed by atoms with van der Waals surface area (Å²) in [5.74, 6) is 1.66. The molecule has 2 aromatic heterocycles. The molecule has 0 aliphatic carbocycles. The molecular formula is C16H19ClF3N5O. The number of anilines is 1. The van der Waals surface area contributed by atoms with Crippen LogP contribution in [0.4, 0.5) is 19.0 Å². The van der Waals surface area contributed by atoms with E-state index < -0.39 is 11.7 Å². The summed E-state index contributed by atoms with van der Waals surface area (Å²) in [6.07, 6.45) is -1.89. The topological polar surface area (TPSA) is 58.3 Å². The highest BCUT2D eigenvalue weighted by molar-refractivity contribution is 6.33. The molecule has 0 aromatic carbocycles. The van der Waals surface area contributed by atoms with Gasteiger partial charge in [0.15, 0.2) is 5.82 Å². The molecule has 1 fully saturated rings. The highest BCUT2D eigenvalue weighted by atomic mass is 35.5. The third-order valence-corrected chi connectivity index (χ3v) is 4.44. The normalized spacial score (nSPS) is 16.3. The second kappa shape index (κ2) is 7.79. The molecule has 0 N–H and O–H groups in total. The van der Waals surface area contributed by atoms with Gasteiger partial charge in [0.05, 0.1) is 17.1 Å². The lowest BCUT2D eigenvalue weighted by Crippen LogP contribution is -2.46. The quantitative estimate of drug-likeness (QED) is 0.781. The molecule has 3 rings (SSSR count). The van der Waals surface area contributed by atoms with Crippen LogP contribution in [-0.2, 0) is 19.1 Å². The molecule has 0 unspecified atom stereocenters. The lowest BCUT2D eigenvalue weighted by molar-refractivity contribution is -0.137. The fourth-order valence-electron chi connectivity index (χ4n) is 2.81. The number of alkyl halides is 3. The van der Waals surface area contributed by atoms with E-state index in [9.17, 15) is 13.2 Å². The molecule has 1 aliphatic rings. The minimum atomic E-state index is -4.45. The highest BCUT2D eigenvalue weighted by Gasteiger charge is 2.32. The third kappa shape index (κ3) is 4.45. The molecule has 142 valence electrons. The van der Waals surface area contributed by atoms with Crippen LogP contribution >= 0.6 is 11.6 Å². The van der Waals surface area contributed by atoms with E-state index in [0.29, 0.717) is 50.3 Å². The summed E-state index contributed by atoms with van der Waals surface area (Å²) in [7, 11) is 0. The van der Waals surface area contributed by atoms with Crippen molar-refractivity contribution < 1.29 is 17.7 Å². The van der Waals surface area contributed by atoms with Crippen LogP contribution in [0.5, 0.6) is 0 Å². The fourth-order valence-corrected chi connectivity index (χ4v) is 3.09. The predicted molar refractivity (Wildman–Crippen MR) is 90.0 cm³/mol. The van der Waals surface area contributed by atoms with E-state index in [1.54, 1.807) is 0 Å². The van der Waals surface area contributed by atoms with Crippen molar-refractivity contribution >= 4 is 17.4 Å². The van der Waals surface area contributed by atoms with Gasteiger partial charge in [-0.3, -0.25) is 4.90 Å². The van der Waals surface area contributed by atoms with Crippen LogP contribution in [-0.4, -0.2) is 46.2 Å². The van der Waals surface area contributed by atoms with Crippen molar-refractivity contribution in [3.8, 4) is 0 Å². The molecule has 2 aromatic rings. The number of hydrogen-bond acceptors (Lipinski definition) is 6. The van der Waals surface area contributed by atoms with Crippen LogP contribution in [0.2, 0.25) is 5.02 Å².